The molecule has 5 atom stereocenters. The van der Waals surface area contributed by atoms with Crippen LogP contribution in [0, 0.1) is 5.21 Å². The van der Waals surface area contributed by atoms with Gasteiger partial charge in [-0.05, 0) is 5.56 Å². The molecule has 1 N–H and O–H groups in total. The molecule has 5 nitrogen and oxygen atoms in total. The van der Waals surface area contributed by atoms with E-state index in [-0.39, 0.29) is 35.4 Å². The lowest BCUT2D eigenvalue weighted by molar-refractivity contribution is -0.903. The van der Waals surface area contributed by atoms with Crippen LogP contribution in [0.1, 0.15) is 37.2 Å². The minimum absolute atomic E-state index is 0.0425. The molecule has 1 aromatic rings. The molecule has 2 saturated heterocycles. The molecule has 0 aromatic heterocycles. The van der Waals surface area contributed by atoms with Gasteiger partial charge in [0.2, 0.25) is 0 Å². The number of esters is 1. The maximum absolute atomic E-state index is 12.4. The molecule has 2 fully saturated rings. The fraction of sp³-hybridized carbons (Fsp3) is 0.588. The Bertz CT molecular complexity index is 515. The van der Waals surface area contributed by atoms with E-state index in [9.17, 15) is 15.1 Å². The Morgan fingerprint density at radius 3 is 2.45 bits per heavy atom. The number of fused-ring (bicyclic) bond motifs is 2. The van der Waals surface area contributed by atoms with E-state index in [1.807, 2.05) is 30.3 Å². The Balaban J connectivity index is 1.65. The Morgan fingerprint density at radius 2 is 1.91 bits per heavy atom. The molecule has 120 valence electrons. The number of carbonyl (C=O) groups is 1. The summed E-state index contributed by atoms with van der Waals surface area (Å²) < 4.78 is 5.44. The van der Waals surface area contributed by atoms with Crippen molar-refractivity contribution in [2.75, 3.05) is 13.7 Å². The number of hydrogen-bond donors (Lipinski definition) is 1. The van der Waals surface area contributed by atoms with Crippen molar-refractivity contribution in [3.8, 4) is 0 Å². The molecule has 22 heavy (non-hydrogen) atoms. The average molecular weight is 305 g/mol. The Labute approximate surface area is 130 Å². The summed E-state index contributed by atoms with van der Waals surface area (Å²) >= 11 is 0. The van der Waals surface area contributed by atoms with Crippen LogP contribution in [0.25, 0.3) is 0 Å². The first kappa shape index (κ1) is 15.5. The molecule has 0 aliphatic carbocycles. The van der Waals surface area contributed by atoms with Crippen molar-refractivity contribution in [1.82, 2.24) is 0 Å². The monoisotopic (exact) mass is 305 g/mol. The molecule has 1 aromatic carbocycles. The van der Waals surface area contributed by atoms with E-state index in [0.29, 0.717) is 12.8 Å². The summed E-state index contributed by atoms with van der Waals surface area (Å²) in [5.74, 6) is -1.03. The van der Waals surface area contributed by atoms with Gasteiger partial charge in [-0.15, -0.1) is 0 Å². The van der Waals surface area contributed by atoms with Gasteiger partial charge in [0.1, 0.15) is 12.0 Å². The summed E-state index contributed by atoms with van der Waals surface area (Å²) in [6, 6.07) is 9.27. The number of nitrogens with zero attached hydrogens (tertiary/aromatic N) is 1. The van der Waals surface area contributed by atoms with E-state index in [1.54, 1.807) is 7.05 Å². The van der Waals surface area contributed by atoms with Crippen LogP contribution in [0.5, 0.6) is 0 Å². The molecular weight excluding hydrogens is 282 g/mol. The standard InChI is InChI=1S/C17H23NO4/c1-18(21)13-7-8-14(18)10-15(9-13)22-17(20)16(11-19)12-5-3-2-4-6-12/h2-6,13-16,19H,7-11H2,1H3/t13-,14+,15+,16?,18?. The summed E-state index contributed by atoms with van der Waals surface area (Å²) in [5.41, 5.74) is 0.762. The third-order valence-corrected chi connectivity index (χ3v) is 5.30. The second-order valence-corrected chi connectivity index (χ2v) is 6.62. The fourth-order valence-corrected chi connectivity index (χ4v) is 3.90. The summed E-state index contributed by atoms with van der Waals surface area (Å²) in [6.45, 7) is -0.266. The SMILES string of the molecule is C[N+]1([O-])[C@@H]2CC[C@H]1C[C@@H](OC(=O)C(CO)c1ccccc1)C2. The summed E-state index contributed by atoms with van der Waals surface area (Å²) in [6.07, 6.45) is 2.91. The number of ether oxygens (including phenoxy) is 1. The third kappa shape index (κ3) is 2.76. The van der Waals surface area contributed by atoms with Crippen molar-refractivity contribution >= 4 is 5.97 Å². The second-order valence-electron chi connectivity index (χ2n) is 6.62. The first-order chi connectivity index (χ1) is 10.5. The van der Waals surface area contributed by atoms with Gasteiger partial charge >= 0.3 is 5.97 Å². The molecular formula is C17H23NO4. The molecule has 0 saturated carbocycles. The zero-order valence-corrected chi connectivity index (χ0v) is 12.9. The van der Waals surface area contributed by atoms with E-state index in [1.165, 1.54) is 0 Å². The smallest absolute Gasteiger partial charge is 0.316 e. The lowest BCUT2D eigenvalue weighted by Gasteiger charge is -2.50. The highest BCUT2D eigenvalue weighted by Gasteiger charge is 2.48. The van der Waals surface area contributed by atoms with Crippen LogP contribution >= 0.6 is 0 Å². The number of rotatable bonds is 4. The predicted octanol–water partition coefficient (Wildman–Crippen LogP) is 1.94. The molecule has 2 bridgehead atoms. The summed E-state index contributed by atoms with van der Waals surface area (Å²) in [4.78, 5) is 12.4. The van der Waals surface area contributed by atoms with E-state index in [2.05, 4.69) is 0 Å². The van der Waals surface area contributed by atoms with Crippen molar-refractivity contribution in [1.29, 1.82) is 0 Å². The van der Waals surface area contributed by atoms with Gasteiger partial charge in [0, 0.05) is 25.7 Å². The average Bonchev–Trinajstić information content (AvgIpc) is 2.68. The van der Waals surface area contributed by atoms with E-state index < -0.39 is 5.92 Å². The largest absolute Gasteiger partial charge is 0.633 e. The molecule has 0 spiro atoms. The minimum Gasteiger partial charge on any atom is -0.633 e. The topological polar surface area (TPSA) is 69.6 Å². The van der Waals surface area contributed by atoms with Crippen LogP contribution in [-0.4, -0.2) is 47.6 Å². The molecule has 3 rings (SSSR count). The quantitative estimate of drug-likeness (QED) is 0.524. The normalized spacial score (nSPS) is 35.1. The highest BCUT2D eigenvalue weighted by Crippen LogP contribution is 2.41. The van der Waals surface area contributed by atoms with Gasteiger partial charge in [0.15, 0.2) is 0 Å². The van der Waals surface area contributed by atoms with Gasteiger partial charge in [0.05, 0.1) is 25.7 Å². The van der Waals surface area contributed by atoms with Gasteiger partial charge in [0.25, 0.3) is 0 Å². The van der Waals surface area contributed by atoms with Crippen molar-refractivity contribution in [2.24, 2.45) is 0 Å². The van der Waals surface area contributed by atoms with Crippen LogP contribution in [0.2, 0.25) is 0 Å². The van der Waals surface area contributed by atoms with Crippen LogP contribution in [0.4, 0.5) is 0 Å². The minimum atomic E-state index is -0.645. The van der Waals surface area contributed by atoms with Crippen molar-refractivity contribution in [3.63, 3.8) is 0 Å². The lowest BCUT2D eigenvalue weighted by Crippen LogP contribution is -2.55. The molecule has 2 aliphatic rings. The predicted molar refractivity (Wildman–Crippen MR) is 81.7 cm³/mol. The number of aliphatic hydroxyl groups is 1. The van der Waals surface area contributed by atoms with Gasteiger partial charge in [-0.3, -0.25) is 4.79 Å². The molecule has 2 heterocycles. The Hall–Kier alpha value is -1.43. The van der Waals surface area contributed by atoms with Gasteiger partial charge in [-0.25, -0.2) is 0 Å². The lowest BCUT2D eigenvalue weighted by atomic mass is 9.98. The second kappa shape index (κ2) is 5.99. The van der Waals surface area contributed by atoms with E-state index >= 15 is 0 Å². The van der Waals surface area contributed by atoms with Gasteiger partial charge in [-0.1, -0.05) is 30.3 Å². The number of hydroxylamine groups is 3. The molecule has 0 amide bonds. The maximum atomic E-state index is 12.4. The summed E-state index contributed by atoms with van der Waals surface area (Å²) in [5, 5.41) is 22.0. The fourth-order valence-electron chi connectivity index (χ4n) is 3.90. The van der Waals surface area contributed by atoms with Gasteiger partial charge < -0.3 is 19.7 Å². The van der Waals surface area contributed by atoms with Crippen LogP contribution in [0.3, 0.4) is 0 Å². The number of quaternary nitrogens is 1. The molecule has 2 aliphatic heterocycles. The zero-order chi connectivity index (χ0) is 15.7. The van der Waals surface area contributed by atoms with Crippen LogP contribution < -0.4 is 0 Å². The van der Waals surface area contributed by atoms with E-state index in [4.69, 9.17) is 4.74 Å². The van der Waals surface area contributed by atoms with Crippen LogP contribution in [-0.2, 0) is 9.53 Å². The molecule has 5 heteroatoms. The Kier molecular flexibility index (Phi) is 4.21. The number of piperidine rings is 1. The molecule has 0 radical (unpaired) electrons. The summed E-state index contributed by atoms with van der Waals surface area (Å²) in [7, 11) is 1.74. The third-order valence-electron chi connectivity index (χ3n) is 5.30. The van der Waals surface area contributed by atoms with Gasteiger partial charge in [-0.2, -0.15) is 0 Å². The highest BCUT2D eigenvalue weighted by atomic mass is 16.6. The Morgan fingerprint density at radius 1 is 1.32 bits per heavy atom. The van der Waals surface area contributed by atoms with Crippen LogP contribution in [0.15, 0.2) is 30.3 Å². The van der Waals surface area contributed by atoms with Crippen molar-refractivity contribution in [2.45, 2.75) is 49.8 Å². The number of hydrogen-bond acceptors (Lipinski definition) is 4. The molecule has 2 unspecified atom stereocenters. The zero-order valence-electron chi connectivity index (χ0n) is 12.9. The van der Waals surface area contributed by atoms with Crippen molar-refractivity contribution in [3.05, 3.63) is 41.1 Å². The first-order valence-electron chi connectivity index (χ1n) is 7.95. The van der Waals surface area contributed by atoms with Crippen molar-refractivity contribution < 1.29 is 19.3 Å². The van der Waals surface area contributed by atoms with E-state index in [0.717, 1.165) is 18.4 Å². The number of benzene rings is 1. The maximum Gasteiger partial charge on any atom is 0.316 e. The number of aliphatic hydroxyl groups excluding tert-OH is 1. The number of carbonyl (C=O) groups excluding carboxylic acids is 1. The highest BCUT2D eigenvalue weighted by molar-refractivity contribution is 5.78. The first-order valence-corrected chi connectivity index (χ1v) is 7.95.